The first-order valence-corrected chi connectivity index (χ1v) is 6.40. The zero-order valence-corrected chi connectivity index (χ0v) is 11.6. The van der Waals surface area contributed by atoms with Crippen molar-refractivity contribution >= 4 is 15.9 Å². The Morgan fingerprint density at radius 1 is 1.31 bits per heavy atom. The molecule has 1 aromatic rings. The number of hydrogen-bond acceptors (Lipinski definition) is 1. The molecular formula is C13H19BrFN. The molecule has 0 fully saturated rings. The number of benzene rings is 1. The number of halogens is 2. The van der Waals surface area contributed by atoms with Crippen molar-refractivity contribution in [3.8, 4) is 0 Å². The van der Waals surface area contributed by atoms with E-state index in [0.717, 1.165) is 4.47 Å². The van der Waals surface area contributed by atoms with Crippen LogP contribution in [0.1, 0.15) is 26.3 Å². The van der Waals surface area contributed by atoms with Crippen molar-refractivity contribution in [2.75, 3.05) is 0 Å². The van der Waals surface area contributed by atoms with E-state index in [1.807, 2.05) is 6.07 Å². The first kappa shape index (κ1) is 13.7. The van der Waals surface area contributed by atoms with Crippen molar-refractivity contribution < 1.29 is 4.39 Å². The molecule has 2 N–H and O–H groups in total. The second-order valence-electron chi connectivity index (χ2n) is 4.71. The summed E-state index contributed by atoms with van der Waals surface area (Å²) >= 11 is 3.34. The minimum atomic E-state index is -0.172. The topological polar surface area (TPSA) is 26.0 Å². The first-order valence-electron chi connectivity index (χ1n) is 5.61. The fourth-order valence-electron chi connectivity index (χ4n) is 1.63. The van der Waals surface area contributed by atoms with Gasteiger partial charge in [0.05, 0.1) is 0 Å². The van der Waals surface area contributed by atoms with Crippen LogP contribution in [-0.4, -0.2) is 6.04 Å². The SMILES string of the molecule is CC(C)C(C)C(N)Cc1cc(Br)ccc1F. The summed E-state index contributed by atoms with van der Waals surface area (Å²) in [7, 11) is 0. The summed E-state index contributed by atoms with van der Waals surface area (Å²) < 4.78 is 14.4. The van der Waals surface area contributed by atoms with Gasteiger partial charge in [-0.3, -0.25) is 0 Å². The molecule has 0 amide bonds. The number of nitrogens with two attached hydrogens (primary N) is 1. The molecule has 0 saturated carbocycles. The van der Waals surface area contributed by atoms with Crippen LogP contribution in [0.4, 0.5) is 4.39 Å². The summed E-state index contributed by atoms with van der Waals surface area (Å²) in [5.41, 5.74) is 6.78. The lowest BCUT2D eigenvalue weighted by atomic mass is 9.87. The van der Waals surface area contributed by atoms with Gasteiger partial charge in [0.2, 0.25) is 0 Å². The van der Waals surface area contributed by atoms with Gasteiger partial charge in [-0.25, -0.2) is 4.39 Å². The van der Waals surface area contributed by atoms with Gasteiger partial charge in [0.15, 0.2) is 0 Å². The molecule has 0 aromatic heterocycles. The summed E-state index contributed by atoms with van der Waals surface area (Å²) in [5.74, 6) is 0.734. The van der Waals surface area contributed by atoms with Crippen LogP contribution in [-0.2, 0) is 6.42 Å². The molecule has 1 rings (SSSR count). The molecule has 1 nitrogen and oxygen atoms in total. The maximum absolute atomic E-state index is 13.5. The van der Waals surface area contributed by atoms with Crippen molar-refractivity contribution in [3.63, 3.8) is 0 Å². The van der Waals surface area contributed by atoms with Crippen LogP contribution in [0.2, 0.25) is 0 Å². The highest BCUT2D eigenvalue weighted by atomic mass is 79.9. The smallest absolute Gasteiger partial charge is 0.126 e. The lowest BCUT2D eigenvalue weighted by Crippen LogP contribution is -2.33. The van der Waals surface area contributed by atoms with Crippen molar-refractivity contribution in [1.82, 2.24) is 0 Å². The summed E-state index contributed by atoms with van der Waals surface area (Å²) in [6, 6.07) is 4.99. The van der Waals surface area contributed by atoms with E-state index >= 15 is 0 Å². The summed E-state index contributed by atoms with van der Waals surface area (Å²) in [4.78, 5) is 0. The maximum Gasteiger partial charge on any atom is 0.126 e. The predicted molar refractivity (Wildman–Crippen MR) is 69.8 cm³/mol. The Bertz CT molecular complexity index is 352. The second kappa shape index (κ2) is 5.78. The fraction of sp³-hybridized carbons (Fsp3) is 0.538. The minimum Gasteiger partial charge on any atom is -0.327 e. The zero-order valence-electron chi connectivity index (χ0n) is 10.0. The van der Waals surface area contributed by atoms with Gasteiger partial charge in [-0.05, 0) is 42.0 Å². The second-order valence-corrected chi connectivity index (χ2v) is 5.62. The van der Waals surface area contributed by atoms with Crippen LogP contribution in [0.15, 0.2) is 22.7 Å². The van der Waals surface area contributed by atoms with Gasteiger partial charge in [0.25, 0.3) is 0 Å². The standard InChI is InChI=1S/C13H19BrFN/c1-8(2)9(3)13(16)7-10-6-11(14)4-5-12(10)15/h4-6,8-9,13H,7,16H2,1-3H3. The third-order valence-electron chi connectivity index (χ3n) is 3.19. The van der Waals surface area contributed by atoms with Gasteiger partial charge < -0.3 is 5.73 Å². The molecule has 3 heteroatoms. The minimum absolute atomic E-state index is 0.00352. The van der Waals surface area contributed by atoms with Crippen LogP contribution in [0.3, 0.4) is 0 Å². The average molecular weight is 288 g/mol. The quantitative estimate of drug-likeness (QED) is 0.897. The molecule has 0 bridgehead atoms. The van der Waals surface area contributed by atoms with Gasteiger partial charge >= 0.3 is 0 Å². The van der Waals surface area contributed by atoms with E-state index in [-0.39, 0.29) is 11.9 Å². The Labute approximate surface area is 105 Å². The molecule has 90 valence electrons. The fourth-order valence-corrected chi connectivity index (χ4v) is 2.04. The van der Waals surface area contributed by atoms with E-state index in [1.54, 1.807) is 6.07 Å². The predicted octanol–water partition coefficient (Wildman–Crippen LogP) is 3.75. The molecule has 2 unspecified atom stereocenters. The highest BCUT2D eigenvalue weighted by Gasteiger charge is 2.18. The molecule has 0 aliphatic carbocycles. The molecule has 1 aromatic carbocycles. The number of hydrogen-bond donors (Lipinski definition) is 1. The van der Waals surface area contributed by atoms with Crippen LogP contribution in [0, 0.1) is 17.7 Å². The average Bonchev–Trinajstić information content (AvgIpc) is 2.22. The van der Waals surface area contributed by atoms with Crippen LogP contribution in [0.25, 0.3) is 0 Å². The molecule has 0 aliphatic heterocycles. The first-order chi connectivity index (χ1) is 7.41. The lowest BCUT2D eigenvalue weighted by molar-refractivity contribution is 0.342. The van der Waals surface area contributed by atoms with Gasteiger partial charge in [-0.1, -0.05) is 36.7 Å². The molecule has 16 heavy (non-hydrogen) atoms. The summed E-state index contributed by atoms with van der Waals surface area (Å²) in [6.07, 6.45) is 0.588. The Kier molecular flexibility index (Phi) is 4.93. The Morgan fingerprint density at radius 3 is 2.50 bits per heavy atom. The molecular weight excluding hydrogens is 269 g/mol. The van der Waals surface area contributed by atoms with Crippen LogP contribution >= 0.6 is 15.9 Å². The van der Waals surface area contributed by atoms with E-state index in [4.69, 9.17) is 5.73 Å². The molecule has 0 spiro atoms. The summed E-state index contributed by atoms with van der Waals surface area (Å²) in [5, 5.41) is 0. The molecule has 0 radical (unpaired) electrons. The highest BCUT2D eigenvalue weighted by molar-refractivity contribution is 9.10. The van der Waals surface area contributed by atoms with Crippen molar-refractivity contribution in [3.05, 3.63) is 34.1 Å². The van der Waals surface area contributed by atoms with Gasteiger partial charge in [0.1, 0.15) is 5.82 Å². The Hall–Kier alpha value is -0.410. The lowest BCUT2D eigenvalue weighted by Gasteiger charge is -2.23. The Balaban J connectivity index is 2.76. The third-order valence-corrected chi connectivity index (χ3v) is 3.68. The molecule has 0 saturated heterocycles. The maximum atomic E-state index is 13.5. The monoisotopic (exact) mass is 287 g/mol. The van der Waals surface area contributed by atoms with Gasteiger partial charge in [-0.15, -0.1) is 0 Å². The van der Waals surface area contributed by atoms with E-state index in [1.165, 1.54) is 6.07 Å². The van der Waals surface area contributed by atoms with Gasteiger partial charge in [0, 0.05) is 10.5 Å². The van der Waals surface area contributed by atoms with Crippen LogP contribution in [0.5, 0.6) is 0 Å². The zero-order chi connectivity index (χ0) is 12.3. The molecule has 0 aliphatic rings. The Morgan fingerprint density at radius 2 is 1.94 bits per heavy atom. The highest BCUT2D eigenvalue weighted by Crippen LogP contribution is 2.20. The van der Waals surface area contributed by atoms with Crippen molar-refractivity contribution in [1.29, 1.82) is 0 Å². The van der Waals surface area contributed by atoms with E-state index in [0.29, 0.717) is 23.8 Å². The van der Waals surface area contributed by atoms with Gasteiger partial charge in [-0.2, -0.15) is 0 Å². The van der Waals surface area contributed by atoms with Crippen molar-refractivity contribution in [2.24, 2.45) is 17.6 Å². The molecule has 0 heterocycles. The van der Waals surface area contributed by atoms with E-state index in [9.17, 15) is 4.39 Å². The van der Waals surface area contributed by atoms with Crippen molar-refractivity contribution in [2.45, 2.75) is 33.2 Å². The number of rotatable bonds is 4. The van der Waals surface area contributed by atoms with E-state index in [2.05, 4.69) is 36.7 Å². The third kappa shape index (κ3) is 3.56. The molecule has 2 atom stereocenters. The normalized spacial score (nSPS) is 15.2. The van der Waals surface area contributed by atoms with Crippen LogP contribution < -0.4 is 5.73 Å². The van der Waals surface area contributed by atoms with E-state index < -0.39 is 0 Å². The summed E-state index contributed by atoms with van der Waals surface area (Å²) in [6.45, 7) is 6.40. The largest absolute Gasteiger partial charge is 0.327 e.